The molecule has 0 spiro atoms. The lowest BCUT2D eigenvalue weighted by Crippen LogP contribution is -2.16. The number of anilines is 1. The van der Waals surface area contributed by atoms with Gasteiger partial charge in [-0.2, -0.15) is 0 Å². The molecule has 106 valence electrons. The molecule has 0 aliphatic carbocycles. The van der Waals surface area contributed by atoms with E-state index in [9.17, 15) is 0 Å². The SMILES string of the molecule is Cc1cc(C)nc(N[C@H](CC(C)C)c2cccnc2)n1. The number of aryl methyl sites for hydroxylation is 2. The molecule has 0 unspecified atom stereocenters. The molecule has 0 bridgehead atoms. The zero-order valence-corrected chi connectivity index (χ0v) is 12.6. The van der Waals surface area contributed by atoms with E-state index < -0.39 is 0 Å². The Labute approximate surface area is 120 Å². The van der Waals surface area contributed by atoms with Gasteiger partial charge in [-0.3, -0.25) is 4.98 Å². The molecule has 1 N–H and O–H groups in total. The highest BCUT2D eigenvalue weighted by molar-refractivity contribution is 5.32. The summed E-state index contributed by atoms with van der Waals surface area (Å²) < 4.78 is 0. The van der Waals surface area contributed by atoms with Crippen LogP contribution in [0.25, 0.3) is 0 Å². The van der Waals surface area contributed by atoms with Gasteiger partial charge in [0.25, 0.3) is 0 Å². The van der Waals surface area contributed by atoms with Crippen LogP contribution in [0.2, 0.25) is 0 Å². The third-order valence-electron chi connectivity index (χ3n) is 3.08. The average Bonchev–Trinajstić information content (AvgIpc) is 2.37. The minimum atomic E-state index is 0.185. The molecule has 0 saturated heterocycles. The molecule has 2 aromatic heterocycles. The number of nitrogens with zero attached hydrogens (tertiary/aromatic N) is 3. The van der Waals surface area contributed by atoms with Crippen molar-refractivity contribution < 1.29 is 0 Å². The van der Waals surface area contributed by atoms with Gasteiger partial charge in [-0.25, -0.2) is 9.97 Å². The zero-order chi connectivity index (χ0) is 14.5. The highest BCUT2D eigenvalue weighted by Gasteiger charge is 2.15. The first-order valence-corrected chi connectivity index (χ1v) is 7.03. The summed E-state index contributed by atoms with van der Waals surface area (Å²) in [6, 6.07) is 6.22. The Kier molecular flexibility index (Phi) is 4.66. The Morgan fingerprint density at radius 1 is 1.15 bits per heavy atom. The van der Waals surface area contributed by atoms with E-state index in [1.807, 2.05) is 32.2 Å². The van der Waals surface area contributed by atoms with Crippen LogP contribution in [-0.4, -0.2) is 15.0 Å². The summed E-state index contributed by atoms with van der Waals surface area (Å²) in [5, 5.41) is 3.45. The lowest BCUT2D eigenvalue weighted by atomic mass is 9.98. The van der Waals surface area contributed by atoms with Crippen molar-refractivity contribution in [2.45, 2.75) is 40.2 Å². The molecule has 0 fully saturated rings. The van der Waals surface area contributed by atoms with Crippen LogP contribution in [0, 0.1) is 19.8 Å². The molecule has 0 radical (unpaired) electrons. The van der Waals surface area contributed by atoms with Gasteiger partial charge in [0.1, 0.15) is 0 Å². The van der Waals surface area contributed by atoms with E-state index in [1.165, 1.54) is 5.56 Å². The summed E-state index contributed by atoms with van der Waals surface area (Å²) in [5.74, 6) is 1.27. The Bertz CT molecular complexity index is 531. The predicted molar refractivity (Wildman–Crippen MR) is 81.6 cm³/mol. The van der Waals surface area contributed by atoms with Gasteiger partial charge in [-0.1, -0.05) is 19.9 Å². The number of rotatable bonds is 5. The van der Waals surface area contributed by atoms with Gasteiger partial charge in [0, 0.05) is 23.8 Å². The van der Waals surface area contributed by atoms with Crippen LogP contribution in [0.5, 0.6) is 0 Å². The molecule has 4 heteroatoms. The van der Waals surface area contributed by atoms with Crippen molar-refractivity contribution >= 4 is 5.95 Å². The second kappa shape index (κ2) is 6.46. The fraction of sp³-hybridized carbons (Fsp3) is 0.438. The van der Waals surface area contributed by atoms with Crippen molar-refractivity contribution in [3.8, 4) is 0 Å². The third-order valence-corrected chi connectivity index (χ3v) is 3.08. The second-order valence-corrected chi connectivity index (χ2v) is 5.59. The molecule has 0 aromatic carbocycles. The van der Waals surface area contributed by atoms with Crippen molar-refractivity contribution in [1.29, 1.82) is 0 Å². The number of aromatic nitrogens is 3. The molecule has 0 amide bonds. The molecular formula is C16H22N4. The predicted octanol–water partition coefficient (Wildman–Crippen LogP) is 3.69. The summed E-state index contributed by atoms with van der Waals surface area (Å²) in [4.78, 5) is 13.1. The largest absolute Gasteiger partial charge is 0.347 e. The Hall–Kier alpha value is -1.97. The van der Waals surface area contributed by atoms with Crippen LogP contribution in [0.1, 0.15) is 43.3 Å². The zero-order valence-electron chi connectivity index (χ0n) is 12.6. The lowest BCUT2D eigenvalue weighted by Gasteiger charge is -2.21. The lowest BCUT2D eigenvalue weighted by molar-refractivity contribution is 0.527. The first-order valence-electron chi connectivity index (χ1n) is 7.03. The second-order valence-electron chi connectivity index (χ2n) is 5.59. The van der Waals surface area contributed by atoms with E-state index in [0.717, 1.165) is 17.8 Å². The molecule has 2 heterocycles. The molecule has 0 aliphatic rings. The van der Waals surface area contributed by atoms with E-state index in [-0.39, 0.29) is 6.04 Å². The molecule has 0 saturated carbocycles. The summed E-state index contributed by atoms with van der Waals surface area (Å²) in [7, 11) is 0. The van der Waals surface area contributed by atoms with E-state index in [1.54, 1.807) is 6.20 Å². The molecule has 0 aliphatic heterocycles. The first-order chi connectivity index (χ1) is 9.54. The number of hydrogen-bond acceptors (Lipinski definition) is 4. The maximum Gasteiger partial charge on any atom is 0.223 e. The molecule has 20 heavy (non-hydrogen) atoms. The van der Waals surface area contributed by atoms with Crippen molar-refractivity contribution in [3.63, 3.8) is 0 Å². The summed E-state index contributed by atoms with van der Waals surface area (Å²) in [5.41, 5.74) is 3.13. The van der Waals surface area contributed by atoms with Gasteiger partial charge >= 0.3 is 0 Å². The van der Waals surface area contributed by atoms with Gasteiger partial charge in [0.05, 0.1) is 6.04 Å². The monoisotopic (exact) mass is 270 g/mol. The fourth-order valence-corrected chi connectivity index (χ4v) is 2.28. The van der Waals surface area contributed by atoms with Crippen LogP contribution in [-0.2, 0) is 0 Å². The third kappa shape index (κ3) is 4.02. The van der Waals surface area contributed by atoms with Crippen LogP contribution in [0.15, 0.2) is 30.6 Å². The van der Waals surface area contributed by atoms with Crippen molar-refractivity contribution in [3.05, 3.63) is 47.5 Å². The smallest absolute Gasteiger partial charge is 0.223 e. The molecule has 2 rings (SSSR count). The average molecular weight is 270 g/mol. The molecule has 1 atom stereocenters. The van der Waals surface area contributed by atoms with Crippen molar-refractivity contribution in [2.75, 3.05) is 5.32 Å². The highest BCUT2D eigenvalue weighted by atomic mass is 15.1. The van der Waals surface area contributed by atoms with Crippen LogP contribution in [0.4, 0.5) is 5.95 Å². The van der Waals surface area contributed by atoms with Crippen LogP contribution < -0.4 is 5.32 Å². The van der Waals surface area contributed by atoms with E-state index in [0.29, 0.717) is 11.9 Å². The summed E-state index contributed by atoms with van der Waals surface area (Å²) >= 11 is 0. The standard InChI is InChI=1S/C16H22N4/c1-11(2)8-15(14-6-5-7-17-10-14)20-16-18-12(3)9-13(4)19-16/h5-7,9-11,15H,8H2,1-4H3,(H,18,19,20)/t15-/m1/s1. The minimum absolute atomic E-state index is 0.185. The number of pyridine rings is 1. The Balaban J connectivity index is 2.23. The summed E-state index contributed by atoms with van der Waals surface area (Å²) in [6.45, 7) is 8.41. The van der Waals surface area contributed by atoms with E-state index >= 15 is 0 Å². The quantitative estimate of drug-likeness (QED) is 0.900. The number of nitrogens with one attached hydrogen (secondary N) is 1. The minimum Gasteiger partial charge on any atom is -0.347 e. The Morgan fingerprint density at radius 3 is 2.40 bits per heavy atom. The highest BCUT2D eigenvalue weighted by Crippen LogP contribution is 2.24. The van der Waals surface area contributed by atoms with Crippen molar-refractivity contribution in [1.82, 2.24) is 15.0 Å². The van der Waals surface area contributed by atoms with E-state index in [2.05, 4.69) is 40.2 Å². The van der Waals surface area contributed by atoms with E-state index in [4.69, 9.17) is 0 Å². The summed E-state index contributed by atoms with van der Waals surface area (Å²) in [6.07, 6.45) is 4.72. The normalized spacial score (nSPS) is 12.4. The van der Waals surface area contributed by atoms with Crippen LogP contribution >= 0.6 is 0 Å². The van der Waals surface area contributed by atoms with Gasteiger partial charge in [-0.15, -0.1) is 0 Å². The molecule has 2 aromatic rings. The maximum atomic E-state index is 4.46. The van der Waals surface area contributed by atoms with Gasteiger partial charge < -0.3 is 5.32 Å². The molecular weight excluding hydrogens is 248 g/mol. The van der Waals surface area contributed by atoms with Gasteiger partial charge in [0.15, 0.2) is 0 Å². The van der Waals surface area contributed by atoms with Crippen molar-refractivity contribution in [2.24, 2.45) is 5.92 Å². The molecule has 4 nitrogen and oxygen atoms in total. The van der Waals surface area contributed by atoms with Gasteiger partial charge in [-0.05, 0) is 43.9 Å². The Morgan fingerprint density at radius 2 is 1.85 bits per heavy atom. The number of hydrogen-bond donors (Lipinski definition) is 1. The fourth-order valence-electron chi connectivity index (χ4n) is 2.28. The van der Waals surface area contributed by atoms with Crippen LogP contribution in [0.3, 0.4) is 0 Å². The maximum absolute atomic E-state index is 4.46. The topological polar surface area (TPSA) is 50.7 Å². The first kappa shape index (κ1) is 14.4. The van der Waals surface area contributed by atoms with Gasteiger partial charge in [0.2, 0.25) is 5.95 Å².